The molecule has 1 saturated carbocycles. The molecular weight excluding hydrogens is 441 g/mol. The molecule has 0 unspecified atom stereocenters. The number of para-hydroxylation sites is 1. The zero-order chi connectivity index (χ0) is 24.2. The molecule has 2 amide bonds. The van der Waals surface area contributed by atoms with Gasteiger partial charge in [0, 0.05) is 41.8 Å². The summed E-state index contributed by atoms with van der Waals surface area (Å²) in [6.07, 6.45) is 4.42. The van der Waals surface area contributed by atoms with Gasteiger partial charge in [0.1, 0.15) is 12.4 Å². The average molecular weight is 470 g/mol. The van der Waals surface area contributed by atoms with Crippen LogP contribution in [0.3, 0.4) is 0 Å². The fraction of sp³-hybridized carbons (Fsp3) is 0.241. The highest BCUT2D eigenvalue weighted by Gasteiger charge is 2.35. The minimum Gasteiger partial charge on any atom is -0.361 e. The zero-order valence-electron chi connectivity index (χ0n) is 19.5. The molecule has 0 aliphatic heterocycles. The number of H-pyrrole nitrogens is 1. The first-order chi connectivity index (χ1) is 17.1. The van der Waals surface area contributed by atoms with Crippen LogP contribution in [0, 0.1) is 5.82 Å². The Hall–Kier alpha value is -3.93. The second kappa shape index (κ2) is 10.1. The van der Waals surface area contributed by atoms with Crippen LogP contribution in [-0.4, -0.2) is 45.7 Å². The van der Waals surface area contributed by atoms with Gasteiger partial charge in [0.25, 0.3) is 5.91 Å². The average Bonchev–Trinajstić information content (AvgIpc) is 3.64. The maximum atomic E-state index is 13.7. The van der Waals surface area contributed by atoms with E-state index in [-0.39, 0.29) is 30.0 Å². The van der Waals surface area contributed by atoms with Crippen LogP contribution in [0.5, 0.6) is 0 Å². The first kappa shape index (κ1) is 22.8. The van der Waals surface area contributed by atoms with Crippen LogP contribution >= 0.6 is 0 Å². The van der Waals surface area contributed by atoms with Gasteiger partial charge in [-0.1, -0.05) is 54.6 Å². The van der Waals surface area contributed by atoms with Crippen molar-refractivity contribution in [2.24, 2.45) is 0 Å². The largest absolute Gasteiger partial charge is 0.361 e. The van der Waals surface area contributed by atoms with E-state index in [2.05, 4.69) is 11.1 Å². The van der Waals surface area contributed by atoms with Crippen molar-refractivity contribution in [1.29, 1.82) is 0 Å². The van der Waals surface area contributed by atoms with Crippen LogP contribution in [0.2, 0.25) is 0 Å². The molecule has 0 radical (unpaired) electrons. The zero-order valence-corrected chi connectivity index (χ0v) is 19.5. The summed E-state index contributed by atoms with van der Waals surface area (Å²) in [5.41, 5.74) is 3.54. The molecule has 3 aromatic carbocycles. The summed E-state index contributed by atoms with van der Waals surface area (Å²) < 4.78 is 13.7. The van der Waals surface area contributed by atoms with E-state index < -0.39 is 5.82 Å². The van der Waals surface area contributed by atoms with Gasteiger partial charge in [0.05, 0.1) is 0 Å². The fourth-order valence-corrected chi connectivity index (χ4v) is 4.48. The van der Waals surface area contributed by atoms with Crippen LogP contribution in [0.4, 0.5) is 4.39 Å². The minimum absolute atomic E-state index is 0.0132. The molecule has 0 saturated heterocycles. The van der Waals surface area contributed by atoms with E-state index in [1.165, 1.54) is 18.2 Å². The molecule has 1 aliphatic carbocycles. The van der Waals surface area contributed by atoms with E-state index >= 15 is 0 Å². The Morgan fingerprint density at radius 2 is 1.71 bits per heavy atom. The lowest BCUT2D eigenvalue weighted by Gasteiger charge is -2.28. The normalized spacial score (nSPS) is 13.1. The van der Waals surface area contributed by atoms with Gasteiger partial charge in [-0.15, -0.1) is 0 Å². The monoisotopic (exact) mass is 469 g/mol. The highest BCUT2D eigenvalue weighted by molar-refractivity contribution is 5.97. The topological polar surface area (TPSA) is 56.4 Å². The number of carbonyl (C=O) groups is 2. The lowest BCUT2D eigenvalue weighted by molar-refractivity contribution is -0.132. The van der Waals surface area contributed by atoms with Crippen LogP contribution in [0.15, 0.2) is 85.1 Å². The lowest BCUT2D eigenvalue weighted by atomic mass is 10.1. The summed E-state index contributed by atoms with van der Waals surface area (Å²) in [6, 6.07) is 23.7. The third-order valence-corrected chi connectivity index (χ3v) is 6.52. The molecule has 5 nitrogen and oxygen atoms in total. The minimum atomic E-state index is -0.456. The summed E-state index contributed by atoms with van der Waals surface area (Å²) in [5.74, 6) is -0.857. The number of amides is 2. The van der Waals surface area contributed by atoms with Crippen molar-refractivity contribution >= 4 is 22.7 Å². The summed E-state index contributed by atoms with van der Waals surface area (Å²) in [6.45, 7) is 0.984. The van der Waals surface area contributed by atoms with Crippen molar-refractivity contribution in [2.75, 3.05) is 13.1 Å². The molecule has 0 bridgehead atoms. The third-order valence-electron chi connectivity index (χ3n) is 6.52. The number of carbonyl (C=O) groups excluding carboxylic acids is 2. The highest BCUT2D eigenvalue weighted by Crippen LogP contribution is 2.28. The molecule has 1 N–H and O–H groups in total. The smallest absolute Gasteiger partial charge is 0.254 e. The second-order valence-electron chi connectivity index (χ2n) is 9.08. The molecule has 5 rings (SSSR count). The SMILES string of the molecule is O=C(CN(C(=O)c1cccc(F)c1)C1CC1)N(CCc1c[nH]c2ccccc12)Cc1ccccc1. The maximum Gasteiger partial charge on any atom is 0.254 e. The Morgan fingerprint density at radius 3 is 2.49 bits per heavy atom. The van der Waals surface area contributed by atoms with Gasteiger partial charge in [-0.05, 0) is 54.7 Å². The molecule has 1 heterocycles. The molecule has 35 heavy (non-hydrogen) atoms. The Morgan fingerprint density at radius 1 is 0.943 bits per heavy atom. The summed E-state index contributed by atoms with van der Waals surface area (Å²) in [7, 11) is 0. The standard InChI is InChI=1S/C29H28FN3O2/c30-24-10-6-9-22(17-24)29(35)33(25-13-14-25)20-28(34)32(19-21-7-2-1-3-8-21)16-15-23-18-31-27-12-5-4-11-26(23)27/h1-12,17-18,25,31H,13-16,19-20H2. The Balaban J connectivity index is 1.34. The number of aromatic nitrogens is 1. The van der Waals surface area contributed by atoms with E-state index in [0.717, 1.165) is 34.9 Å². The van der Waals surface area contributed by atoms with Crippen LogP contribution in [0.1, 0.15) is 34.3 Å². The van der Waals surface area contributed by atoms with Crippen LogP contribution < -0.4 is 0 Å². The van der Waals surface area contributed by atoms with Gasteiger partial charge in [0.2, 0.25) is 5.91 Å². The molecule has 1 aromatic heterocycles. The number of fused-ring (bicyclic) bond motifs is 1. The first-order valence-electron chi connectivity index (χ1n) is 12.0. The van der Waals surface area contributed by atoms with Crippen molar-refractivity contribution in [3.8, 4) is 0 Å². The summed E-state index contributed by atoms with van der Waals surface area (Å²) in [5, 5.41) is 1.15. The number of rotatable bonds is 9. The first-order valence-corrected chi connectivity index (χ1v) is 12.0. The number of nitrogens with zero attached hydrogens (tertiary/aromatic N) is 2. The van der Waals surface area contributed by atoms with Gasteiger partial charge in [-0.3, -0.25) is 9.59 Å². The van der Waals surface area contributed by atoms with Crippen LogP contribution in [0.25, 0.3) is 10.9 Å². The quantitative estimate of drug-likeness (QED) is 0.367. The molecule has 0 atom stereocenters. The molecule has 1 aliphatic rings. The van der Waals surface area contributed by atoms with Crippen LogP contribution in [-0.2, 0) is 17.8 Å². The molecule has 1 fully saturated rings. The summed E-state index contributed by atoms with van der Waals surface area (Å²) >= 11 is 0. The fourth-order valence-electron chi connectivity index (χ4n) is 4.48. The Labute approximate surface area is 204 Å². The molecule has 4 aromatic rings. The third kappa shape index (κ3) is 5.43. The van der Waals surface area contributed by atoms with Gasteiger partial charge < -0.3 is 14.8 Å². The van der Waals surface area contributed by atoms with E-state index in [1.54, 1.807) is 11.0 Å². The van der Waals surface area contributed by atoms with E-state index in [0.29, 0.717) is 19.5 Å². The van der Waals surface area contributed by atoms with Crippen molar-refractivity contribution < 1.29 is 14.0 Å². The molecule has 6 heteroatoms. The van der Waals surface area contributed by atoms with Gasteiger partial charge in [0.15, 0.2) is 0 Å². The lowest BCUT2D eigenvalue weighted by Crippen LogP contribution is -2.44. The van der Waals surface area contributed by atoms with Gasteiger partial charge in [-0.2, -0.15) is 0 Å². The number of aromatic amines is 1. The number of hydrogen-bond acceptors (Lipinski definition) is 2. The number of halogens is 1. The van der Waals surface area contributed by atoms with E-state index in [1.807, 2.05) is 59.6 Å². The Bertz CT molecular complexity index is 1330. The predicted molar refractivity (Wildman–Crippen MR) is 134 cm³/mol. The maximum absolute atomic E-state index is 13.7. The molecular formula is C29H28FN3O2. The molecule has 178 valence electrons. The second-order valence-corrected chi connectivity index (χ2v) is 9.08. The summed E-state index contributed by atoms with van der Waals surface area (Å²) in [4.78, 5) is 33.5. The van der Waals surface area contributed by atoms with Gasteiger partial charge in [-0.25, -0.2) is 4.39 Å². The van der Waals surface area contributed by atoms with Crippen molar-refractivity contribution in [1.82, 2.24) is 14.8 Å². The number of nitrogens with one attached hydrogen (secondary N) is 1. The molecule has 0 spiro atoms. The van der Waals surface area contributed by atoms with Gasteiger partial charge >= 0.3 is 0 Å². The number of hydrogen-bond donors (Lipinski definition) is 1. The highest BCUT2D eigenvalue weighted by atomic mass is 19.1. The van der Waals surface area contributed by atoms with E-state index in [4.69, 9.17) is 0 Å². The Kier molecular flexibility index (Phi) is 6.62. The predicted octanol–water partition coefficient (Wildman–Crippen LogP) is 5.18. The van der Waals surface area contributed by atoms with Crippen molar-refractivity contribution in [2.45, 2.75) is 31.8 Å². The van der Waals surface area contributed by atoms with E-state index in [9.17, 15) is 14.0 Å². The van der Waals surface area contributed by atoms with Crippen molar-refractivity contribution in [3.63, 3.8) is 0 Å². The van der Waals surface area contributed by atoms with Crippen molar-refractivity contribution in [3.05, 3.63) is 108 Å². The number of benzene rings is 3.